The van der Waals surface area contributed by atoms with Crippen LogP contribution in [0, 0.1) is 0 Å². The average molecular weight is 528 g/mol. The molecule has 0 unspecified atom stereocenters. The van der Waals surface area contributed by atoms with E-state index >= 15 is 0 Å². The first kappa shape index (κ1) is 21.8. The first-order valence-corrected chi connectivity index (χ1v) is 18.4. The van der Waals surface area contributed by atoms with Gasteiger partial charge in [-0.3, -0.25) is 0 Å². The van der Waals surface area contributed by atoms with E-state index < -0.39 is 18.4 Å². The third-order valence-corrected chi connectivity index (χ3v) is 22.4. The first-order chi connectivity index (χ1) is 12.6. The number of aromatic nitrogens is 2. The van der Waals surface area contributed by atoms with Crippen molar-refractivity contribution in [2.24, 2.45) is 0 Å². The molecule has 26 heavy (non-hydrogen) atoms. The monoisotopic (exact) mass is 528 g/mol. The Morgan fingerprint density at radius 3 is 1.88 bits per heavy atom. The maximum absolute atomic E-state index is 9.66. The molecular formula is C21H33BrN2OSn. The Labute approximate surface area is 171 Å². The number of phenols is 1. The summed E-state index contributed by atoms with van der Waals surface area (Å²) in [5.41, 5.74) is 1.06. The summed E-state index contributed by atoms with van der Waals surface area (Å²) in [5.74, 6) is 0.305. The van der Waals surface area contributed by atoms with Crippen LogP contribution in [0.5, 0.6) is 5.75 Å². The number of phenolic OH excluding ortho intramolecular Hbond substituents is 1. The molecule has 1 aromatic heterocycles. The van der Waals surface area contributed by atoms with Crippen LogP contribution in [-0.2, 0) is 0 Å². The second kappa shape index (κ2) is 10.7. The zero-order valence-electron chi connectivity index (χ0n) is 16.5. The number of rotatable bonds is 11. The van der Waals surface area contributed by atoms with Crippen LogP contribution in [0.4, 0.5) is 0 Å². The molecule has 3 nitrogen and oxygen atoms in total. The summed E-state index contributed by atoms with van der Waals surface area (Å²) >= 11 is 1.25. The fraction of sp³-hybridized carbons (Fsp3) is 0.571. The molecule has 5 heteroatoms. The molecule has 2 rings (SSSR count). The molecule has 0 fully saturated rings. The normalized spacial score (nSPS) is 11.8. The van der Waals surface area contributed by atoms with Crippen LogP contribution in [0.25, 0.3) is 5.69 Å². The fourth-order valence-electron chi connectivity index (χ4n) is 3.87. The van der Waals surface area contributed by atoms with Crippen molar-refractivity contribution in [3.63, 3.8) is 0 Å². The standard InChI is InChI=1S/C9H6BrN2O.3C4H9.Sn/c10-7-5-11-12(6-7)8-1-3-9(13)4-2-8;3*1-3-4-2;/h1-5,13H;3*1,3-4H2,2H3;. The summed E-state index contributed by atoms with van der Waals surface area (Å²) in [5, 5.41) is 14.4. The van der Waals surface area contributed by atoms with Crippen LogP contribution in [0.1, 0.15) is 59.3 Å². The van der Waals surface area contributed by atoms with Gasteiger partial charge in [0, 0.05) is 0 Å². The summed E-state index contributed by atoms with van der Waals surface area (Å²) in [6, 6.07) is 7.48. The number of hydrogen-bond acceptors (Lipinski definition) is 2. The minimum atomic E-state index is -2.61. The van der Waals surface area contributed by atoms with Crippen molar-refractivity contribution in [1.29, 1.82) is 0 Å². The quantitative estimate of drug-likeness (QED) is 0.343. The number of nitrogens with zero attached hydrogens (tertiary/aromatic N) is 2. The van der Waals surface area contributed by atoms with Crippen LogP contribution in [-0.4, -0.2) is 33.3 Å². The van der Waals surface area contributed by atoms with Crippen molar-refractivity contribution in [1.82, 2.24) is 9.78 Å². The topological polar surface area (TPSA) is 38.0 Å². The molecule has 0 aliphatic carbocycles. The molecule has 1 heterocycles. The average Bonchev–Trinajstić information content (AvgIpc) is 3.04. The van der Waals surface area contributed by atoms with E-state index in [9.17, 15) is 5.11 Å². The Morgan fingerprint density at radius 1 is 0.923 bits per heavy atom. The van der Waals surface area contributed by atoms with Gasteiger partial charge in [-0.1, -0.05) is 0 Å². The van der Waals surface area contributed by atoms with Crippen LogP contribution in [0.15, 0.2) is 34.9 Å². The summed E-state index contributed by atoms with van der Waals surface area (Å²) in [7, 11) is 0. The Kier molecular flexibility index (Phi) is 9.01. The number of hydrogen-bond donors (Lipinski definition) is 1. The van der Waals surface area contributed by atoms with E-state index in [0.29, 0.717) is 5.75 Å². The first-order valence-electron chi connectivity index (χ1n) is 10.1. The maximum atomic E-state index is 9.66. The van der Waals surface area contributed by atoms with Crippen molar-refractivity contribution >= 4 is 38.0 Å². The van der Waals surface area contributed by atoms with E-state index in [0.717, 1.165) is 5.69 Å². The van der Waals surface area contributed by atoms with Crippen molar-refractivity contribution < 1.29 is 5.11 Å². The van der Waals surface area contributed by atoms with Gasteiger partial charge in [-0.25, -0.2) is 0 Å². The zero-order valence-corrected chi connectivity index (χ0v) is 20.9. The molecule has 2 aromatic rings. The molecule has 0 amide bonds. The number of benzene rings is 1. The molecule has 144 valence electrons. The van der Waals surface area contributed by atoms with Crippen molar-refractivity contribution in [2.75, 3.05) is 0 Å². The molecule has 0 atom stereocenters. The molecule has 0 radical (unpaired) electrons. The SMILES string of the molecule is CCC[CH2][Sn]([CH2]CCC)([CH2]CCC)[c]1c(Br)cnn1-c1ccc(O)cc1. The number of halogens is 1. The van der Waals surface area contributed by atoms with E-state index in [1.165, 1.54) is 60.0 Å². The molecule has 1 N–H and O–H groups in total. The summed E-state index contributed by atoms with van der Waals surface area (Å²) in [6.45, 7) is 6.92. The van der Waals surface area contributed by atoms with E-state index in [1.54, 1.807) is 12.1 Å². The van der Waals surface area contributed by atoms with Crippen molar-refractivity contribution in [3.05, 3.63) is 34.9 Å². The van der Waals surface area contributed by atoms with Gasteiger partial charge in [0.2, 0.25) is 0 Å². The molecule has 1 aromatic carbocycles. The molecule has 0 bridgehead atoms. The third kappa shape index (κ3) is 5.28. The van der Waals surface area contributed by atoms with Gasteiger partial charge in [-0.2, -0.15) is 0 Å². The van der Waals surface area contributed by atoms with Crippen LogP contribution >= 0.6 is 15.9 Å². The van der Waals surface area contributed by atoms with Crippen molar-refractivity contribution in [2.45, 2.75) is 72.6 Å². The van der Waals surface area contributed by atoms with Gasteiger partial charge in [0.05, 0.1) is 0 Å². The Hall–Kier alpha value is -0.491. The zero-order chi connectivity index (χ0) is 19.0. The van der Waals surface area contributed by atoms with E-state index in [2.05, 4.69) is 41.4 Å². The fourth-order valence-corrected chi connectivity index (χ4v) is 23.4. The Bertz CT molecular complexity index is 647. The summed E-state index contributed by atoms with van der Waals surface area (Å²) in [6.07, 6.45) is 9.77. The van der Waals surface area contributed by atoms with Crippen molar-refractivity contribution in [3.8, 4) is 11.4 Å². The van der Waals surface area contributed by atoms with Gasteiger partial charge in [-0.15, -0.1) is 0 Å². The summed E-state index contributed by atoms with van der Waals surface area (Å²) in [4.78, 5) is 0. The molecule has 0 saturated carbocycles. The van der Waals surface area contributed by atoms with Crippen LogP contribution in [0.2, 0.25) is 13.3 Å². The Morgan fingerprint density at radius 2 is 1.42 bits per heavy atom. The van der Waals surface area contributed by atoms with Gasteiger partial charge >= 0.3 is 172 Å². The molecule has 0 aliphatic rings. The molecule has 0 spiro atoms. The molecule has 0 saturated heterocycles. The predicted octanol–water partition coefficient (Wildman–Crippen LogP) is 6.40. The van der Waals surface area contributed by atoms with Crippen LogP contribution < -0.4 is 3.71 Å². The van der Waals surface area contributed by atoms with Gasteiger partial charge in [0.25, 0.3) is 0 Å². The van der Waals surface area contributed by atoms with Gasteiger partial charge in [0.15, 0.2) is 0 Å². The second-order valence-corrected chi connectivity index (χ2v) is 21.2. The Balaban J connectivity index is 2.54. The number of unbranched alkanes of at least 4 members (excludes halogenated alkanes) is 3. The van der Waals surface area contributed by atoms with E-state index in [4.69, 9.17) is 5.10 Å². The van der Waals surface area contributed by atoms with Gasteiger partial charge in [-0.05, 0) is 0 Å². The molecular weight excluding hydrogens is 495 g/mol. The third-order valence-electron chi connectivity index (χ3n) is 5.35. The second-order valence-electron chi connectivity index (χ2n) is 7.36. The van der Waals surface area contributed by atoms with E-state index in [1.807, 2.05) is 18.3 Å². The predicted molar refractivity (Wildman–Crippen MR) is 117 cm³/mol. The minimum absolute atomic E-state index is 0.305. The summed E-state index contributed by atoms with van der Waals surface area (Å²) < 4.78 is 9.12. The van der Waals surface area contributed by atoms with E-state index in [-0.39, 0.29) is 0 Å². The number of aromatic hydroxyl groups is 1. The van der Waals surface area contributed by atoms with Crippen LogP contribution in [0.3, 0.4) is 0 Å². The van der Waals surface area contributed by atoms with Gasteiger partial charge in [0.1, 0.15) is 0 Å². The molecule has 0 aliphatic heterocycles. The van der Waals surface area contributed by atoms with Gasteiger partial charge < -0.3 is 0 Å².